The van der Waals surface area contributed by atoms with Crippen molar-refractivity contribution in [3.63, 3.8) is 0 Å². The average Bonchev–Trinajstić information content (AvgIpc) is 1.64. The number of hydrogen-bond donors (Lipinski definition) is 6. The number of nitriles is 2. The predicted molar refractivity (Wildman–Crippen MR) is 325 cm³/mol. The highest BCUT2D eigenvalue weighted by atomic mass is 16.8. The molecule has 34 heteroatoms. The van der Waals surface area contributed by atoms with Gasteiger partial charge in [0.05, 0.1) is 69.8 Å². The minimum atomic E-state index is -1.09. The first-order valence-corrected chi connectivity index (χ1v) is 30.7. The van der Waals surface area contributed by atoms with E-state index in [1.54, 1.807) is 89.2 Å². The van der Waals surface area contributed by atoms with Gasteiger partial charge >= 0.3 is 54.2 Å². The Bertz CT molecular complexity index is 2810. The normalized spacial score (nSPS) is 20.3. The summed E-state index contributed by atoms with van der Waals surface area (Å²) >= 11 is 0. The van der Waals surface area contributed by atoms with Crippen LogP contribution in [0.3, 0.4) is 0 Å². The lowest BCUT2D eigenvalue weighted by Gasteiger charge is -2.29. The number of carboxylic acid groups (broad SMARTS) is 5. The van der Waals surface area contributed by atoms with Gasteiger partial charge in [-0.1, -0.05) is 72.4 Å². The Labute approximate surface area is 556 Å². The quantitative estimate of drug-likeness (QED) is 0.0417. The average molecular weight is 1370 g/mol. The van der Waals surface area contributed by atoms with Crippen LogP contribution in [0, 0.1) is 67.5 Å². The zero-order chi connectivity index (χ0) is 73.9. The van der Waals surface area contributed by atoms with E-state index in [-0.39, 0.29) is 82.9 Å². The molecular weight excluding hydrogens is 1280 g/mol. The molecule has 7 fully saturated rings. The fraction of sp³-hybridized carbons (Fsp3) is 0.742. The van der Waals surface area contributed by atoms with E-state index in [0.717, 1.165) is 32.4 Å². The number of alkyl carbamates (subject to hydrolysis) is 1. The first-order valence-electron chi connectivity index (χ1n) is 30.7. The van der Waals surface area contributed by atoms with Crippen molar-refractivity contribution in [2.75, 3.05) is 60.3 Å². The van der Waals surface area contributed by atoms with Gasteiger partial charge in [0.2, 0.25) is 0 Å². The number of nitrogens with one attached hydrogen (secondary N) is 1. The number of methoxy groups -OCH3 is 2. The molecule has 0 bridgehead atoms. The van der Waals surface area contributed by atoms with Crippen LogP contribution < -0.4 is 5.32 Å². The van der Waals surface area contributed by atoms with Crippen LogP contribution in [0.25, 0.3) is 0 Å². The predicted octanol–water partition coefficient (Wildman–Crippen LogP) is 5.66. The molecule has 0 aromatic carbocycles. The summed E-state index contributed by atoms with van der Waals surface area (Å²) in [5.41, 5.74) is -3.94. The number of carboxylic acids is 5. The third-order valence-electron chi connectivity index (χ3n) is 15.0. The van der Waals surface area contributed by atoms with Crippen LogP contribution in [0.4, 0.5) is 14.4 Å². The van der Waals surface area contributed by atoms with E-state index in [2.05, 4.69) is 29.2 Å². The molecule has 0 aromatic rings. The van der Waals surface area contributed by atoms with Crippen molar-refractivity contribution < 1.29 is 135 Å². The van der Waals surface area contributed by atoms with Crippen molar-refractivity contribution in [2.45, 2.75) is 191 Å². The number of rotatable bonds is 18. The number of Topliss-reactive ketones (excluding diaryl/α,β-unsaturated/α-hetero) is 1. The number of fused-ring (bicyclic) bond motifs is 1. The van der Waals surface area contributed by atoms with Crippen LogP contribution in [-0.4, -0.2) is 209 Å². The summed E-state index contributed by atoms with van der Waals surface area (Å²) in [6, 6.07) is 2.79. The largest absolute Gasteiger partial charge is 0.534 e. The number of ketones is 1. The molecule has 34 nitrogen and oxygen atoms in total. The molecule has 5 amide bonds. The molecule has 5 saturated heterocycles. The van der Waals surface area contributed by atoms with E-state index >= 15 is 0 Å². The fourth-order valence-corrected chi connectivity index (χ4v) is 8.83. The molecule has 6 N–H and O–H groups in total. The second-order valence-electron chi connectivity index (χ2n) is 27.1. The SMILES string of the molecule is CC(C)(C)OC(=O)N[C@H](C(=O)O)C(C)(C)C.CC(C)(C)[C@H](CC(=O)C1(C#N)CC1)C(=O)O.COC(=O)C[C@H](C(=O)O)C(C)(C)C.COCCOC(=O)ON1C(=O)CCC1=O.N#CC1(C(=O)O)CC1.O=C(O)CN1CCCC1.O=C(O[C@H]1CO[C@H]2OCC[C@H]21)ON1C(=O)CCC1=O. The van der Waals surface area contributed by atoms with Crippen molar-refractivity contribution in [3.8, 4) is 12.1 Å². The van der Waals surface area contributed by atoms with Gasteiger partial charge in [0.25, 0.3) is 23.6 Å². The summed E-state index contributed by atoms with van der Waals surface area (Å²) < 4.78 is 34.2. The summed E-state index contributed by atoms with van der Waals surface area (Å²) in [5.74, 6) is -8.95. The highest BCUT2D eigenvalue weighted by Gasteiger charge is 2.52. The first-order chi connectivity index (χ1) is 44.2. The number of amides is 5. The van der Waals surface area contributed by atoms with Gasteiger partial charge in [0, 0.05) is 39.2 Å². The number of imide groups is 2. The molecule has 5 heterocycles. The van der Waals surface area contributed by atoms with Gasteiger partial charge in [0.1, 0.15) is 29.8 Å². The molecule has 5 aliphatic heterocycles. The molecule has 2 aliphatic carbocycles. The lowest BCUT2D eigenvalue weighted by Crippen LogP contribution is -2.50. The van der Waals surface area contributed by atoms with E-state index in [1.807, 2.05) is 11.0 Å². The number of nitrogens with zero attached hydrogens (tertiary/aromatic N) is 5. The monoisotopic (exact) mass is 1370 g/mol. The van der Waals surface area contributed by atoms with Crippen LogP contribution in [0.2, 0.25) is 0 Å². The highest BCUT2D eigenvalue weighted by Crippen LogP contribution is 2.48. The molecule has 7 aliphatic rings. The van der Waals surface area contributed by atoms with Crippen LogP contribution in [-0.2, 0) is 95.6 Å². The second-order valence-corrected chi connectivity index (χ2v) is 27.1. The van der Waals surface area contributed by atoms with Crippen LogP contribution in [0.15, 0.2) is 0 Å². The van der Waals surface area contributed by atoms with Crippen LogP contribution >= 0.6 is 0 Å². The number of aliphatic carboxylic acids is 5. The van der Waals surface area contributed by atoms with Crippen LogP contribution in [0.5, 0.6) is 0 Å². The maximum absolute atomic E-state index is 11.8. The molecular formula is C62H94N6O28. The number of hydrogen-bond acceptors (Lipinski definition) is 26. The van der Waals surface area contributed by atoms with Gasteiger partial charge in [-0.3, -0.25) is 62.5 Å². The Kier molecular flexibility index (Phi) is 34.0. The molecule has 0 radical (unpaired) electrons. The Morgan fingerprint density at radius 1 is 0.625 bits per heavy atom. The van der Waals surface area contributed by atoms with E-state index in [9.17, 15) is 67.1 Å². The maximum Gasteiger partial charge on any atom is 0.534 e. The number of hydroxylamine groups is 4. The summed E-state index contributed by atoms with van der Waals surface area (Å²) in [5, 5.41) is 63.8. The van der Waals surface area contributed by atoms with Crippen molar-refractivity contribution in [3.05, 3.63) is 0 Å². The summed E-state index contributed by atoms with van der Waals surface area (Å²) in [4.78, 5) is 165. The molecule has 6 atom stereocenters. The Morgan fingerprint density at radius 2 is 1.08 bits per heavy atom. The van der Waals surface area contributed by atoms with Crippen LogP contribution in [0.1, 0.15) is 167 Å². The molecule has 540 valence electrons. The zero-order valence-electron chi connectivity index (χ0n) is 57.0. The van der Waals surface area contributed by atoms with E-state index in [4.69, 9.17) is 55.0 Å². The van der Waals surface area contributed by atoms with Gasteiger partial charge in [0.15, 0.2) is 17.5 Å². The van der Waals surface area contributed by atoms with E-state index in [1.165, 1.54) is 14.2 Å². The van der Waals surface area contributed by atoms with Crippen molar-refractivity contribution in [1.82, 2.24) is 20.3 Å². The highest BCUT2D eigenvalue weighted by molar-refractivity contribution is 6.02. The number of esters is 1. The van der Waals surface area contributed by atoms with E-state index in [0.29, 0.717) is 42.4 Å². The van der Waals surface area contributed by atoms with E-state index < -0.39 is 135 Å². The Hall–Kier alpha value is -8.60. The molecule has 0 spiro atoms. The van der Waals surface area contributed by atoms with Crippen molar-refractivity contribution in [2.24, 2.45) is 44.8 Å². The molecule has 0 aromatic heterocycles. The number of carbonyl (C=O) groups is 14. The van der Waals surface area contributed by atoms with Gasteiger partial charge in [-0.05, 0) is 95.1 Å². The molecule has 0 unspecified atom stereocenters. The van der Waals surface area contributed by atoms with Crippen molar-refractivity contribution >= 4 is 83.6 Å². The summed E-state index contributed by atoms with van der Waals surface area (Å²) in [7, 11) is 2.70. The number of likely N-dealkylation sites (tertiary alicyclic amines) is 1. The minimum Gasteiger partial charge on any atom is -0.481 e. The lowest BCUT2D eigenvalue weighted by atomic mass is 9.76. The molecule has 96 heavy (non-hydrogen) atoms. The Morgan fingerprint density at radius 3 is 1.44 bits per heavy atom. The maximum atomic E-state index is 11.8. The fourth-order valence-electron chi connectivity index (χ4n) is 8.83. The summed E-state index contributed by atoms with van der Waals surface area (Å²) in [6.45, 7) is 24.3. The molecule has 7 rings (SSSR count). The first kappa shape index (κ1) is 85.4. The second kappa shape index (κ2) is 38.2. The van der Waals surface area contributed by atoms with Gasteiger partial charge in [-0.2, -0.15) is 10.5 Å². The smallest absolute Gasteiger partial charge is 0.481 e. The topological polar surface area (TPSA) is 493 Å². The van der Waals surface area contributed by atoms with Gasteiger partial charge < -0.3 is 64.0 Å². The standard InChI is InChI=1S/C12H17NO3.C11H13NO7.C11H21NO4.C9H16O4.C8H11NO6.C6H11NO2.C5H5NO2/c1-11(2,3)8(10(15)16)6-9(14)12(7-13)4-5-12;13-8-1-2-9(14)12(8)19-11(15)18-7-5-17-10-6(7)3-4-16-10;1-10(2,3)7(8(13)14)12-9(15)16-11(4,5)6;1-9(2,3)6(8(11)12)5-7(10)13-4;1-13-4-5-14-8(12)15-9-6(10)2-3-7(9)11;8-6(9)5-7-3-1-2-4-7;6-3-5(1-2-5)4(7)8/h8H,4-6H2,1-3H3,(H,15,16);6-7,10H,1-5H2;7H,1-6H3,(H,12,15)(H,13,14);6H,5H2,1-4H3,(H,11,12);2-5H2,1H3;1-5H2,(H,8,9);1-2H2,(H,7,8)/t8-;6-,7-,10+;7-;6-;;;/m1011.../s1. The van der Waals surface area contributed by atoms with Gasteiger partial charge in [-0.25, -0.2) is 19.2 Å². The van der Waals surface area contributed by atoms with Crippen molar-refractivity contribution in [1.29, 1.82) is 10.5 Å². The third-order valence-corrected chi connectivity index (χ3v) is 15.0. The molecule has 2 saturated carbocycles. The minimum absolute atomic E-state index is 0.00551. The Balaban J connectivity index is 0.000000568. The number of ether oxygens (including phenoxy) is 7. The third kappa shape index (κ3) is 30.4. The number of carbonyl (C=O) groups excluding carboxylic acids is 9. The van der Waals surface area contributed by atoms with Gasteiger partial charge in [-0.15, -0.1) is 0 Å². The summed E-state index contributed by atoms with van der Waals surface area (Å²) in [6.07, 6.45) is 1.72. The zero-order valence-corrected chi connectivity index (χ0v) is 57.0. The lowest BCUT2D eigenvalue weighted by molar-refractivity contribution is -0.179.